The summed E-state index contributed by atoms with van der Waals surface area (Å²) in [5.74, 6) is 0.771. The number of hydrogen-bond donors (Lipinski definition) is 1. The highest BCUT2D eigenvalue weighted by Crippen LogP contribution is 2.28. The molecule has 2 N–H and O–H groups in total. The van der Waals surface area contributed by atoms with Gasteiger partial charge in [0, 0.05) is 23.0 Å². The molecule has 0 aliphatic heterocycles. The van der Waals surface area contributed by atoms with E-state index in [2.05, 4.69) is 11.1 Å². The maximum Gasteiger partial charge on any atom is 0.147 e. The molecule has 0 spiro atoms. The van der Waals surface area contributed by atoms with E-state index in [1.54, 1.807) is 12.3 Å². The van der Waals surface area contributed by atoms with E-state index in [4.69, 9.17) is 15.7 Å². The summed E-state index contributed by atoms with van der Waals surface area (Å²) in [6.07, 6.45) is 1.60. The van der Waals surface area contributed by atoms with Crippen molar-refractivity contribution in [2.45, 2.75) is 20.5 Å². The van der Waals surface area contributed by atoms with Gasteiger partial charge in [0.05, 0.1) is 0 Å². The third-order valence-corrected chi connectivity index (χ3v) is 3.01. The summed E-state index contributed by atoms with van der Waals surface area (Å²) < 4.78 is 5.81. The van der Waals surface area contributed by atoms with Crippen LogP contribution in [0.2, 0.25) is 0 Å². The molecule has 0 saturated carbocycles. The smallest absolute Gasteiger partial charge is 0.147 e. The summed E-state index contributed by atoms with van der Waals surface area (Å²) in [6, 6.07) is 9.47. The maximum atomic E-state index is 8.98. The van der Waals surface area contributed by atoms with Crippen molar-refractivity contribution in [3.05, 3.63) is 52.8 Å². The number of benzene rings is 1. The lowest BCUT2D eigenvalue weighted by Crippen LogP contribution is -2.03. The summed E-state index contributed by atoms with van der Waals surface area (Å²) >= 11 is 0. The Hall–Kier alpha value is -2.54. The van der Waals surface area contributed by atoms with E-state index in [0.717, 1.165) is 22.4 Å². The summed E-state index contributed by atoms with van der Waals surface area (Å²) in [5.41, 5.74) is 9.67. The van der Waals surface area contributed by atoms with Crippen molar-refractivity contribution >= 4 is 5.69 Å². The van der Waals surface area contributed by atoms with Gasteiger partial charge in [-0.05, 0) is 31.5 Å². The zero-order valence-corrected chi connectivity index (χ0v) is 11.0. The number of nitrogens with two attached hydrogens (primary N) is 1. The van der Waals surface area contributed by atoms with Gasteiger partial charge in [-0.15, -0.1) is 0 Å². The number of rotatable bonds is 3. The van der Waals surface area contributed by atoms with Gasteiger partial charge in [-0.2, -0.15) is 5.26 Å². The maximum absolute atomic E-state index is 8.98. The highest BCUT2D eigenvalue weighted by Gasteiger charge is 2.09. The normalized spacial score (nSPS) is 9.95. The van der Waals surface area contributed by atoms with Crippen molar-refractivity contribution < 1.29 is 4.74 Å². The average molecular weight is 253 g/mol. The number of nitriles is 1. The van der Waals surface area contributed by atoms with Gasteiger partial charge in [0.2, 0.25) is 0 Å². The third-order valence-electron chi connectivity index (χ3n) is 3.01. The van der Waals surface area contributed by atoms with E-state index in [0.29, 0.717) is 18.0 Å². The topological polar surface area (TPSA) is 71.9 Å². The second-order valence-corrected chi connectivity index (χ2v) is 4.34. The van der Waals surface area contributed by atoms with Gasteiger partial charge in [0.1, 0.15) is 24.1 Å². The molecule has 0 saturated heterocycles. The van der Waals surface area contributed by atoms with Crippen LogP contribution in [0.15, 0.2) is 30.5 Å². The van der Waals surface area contributed by atoms with E-state index in [-0.39, 0.29) is 0 Å². The van der Waals surface area contributed by atoms with E-state index < -0.39 is 0 Å². The van der Waals surface area contributed by atoms with Crippen LogP contribution in [0, 0.1) is 25.2 Å². The van der Waals surface area contributed by atoms with Crippen LogP contribution in [0.4, 0.5) is 5.69 Å². The predicted octanol–water partition coefficient (Wildman–Crippen LogP) is 2.73. The Kier molecular flexibility index (Phi) is 3.67. The fourth-order valence-electron chi connectivity index (χ4n) is 1.87. The number of ether oxygens (including phenoxy) is 1. The minimum absolute atomic E-state index is 0.307. The molecule has 4 nitrogen and oxygen atoms in total. The molecule has 19 heavy (non-hydrogen) atoms. The van der Waals surface area contributed by atoms with Crippen molar-refractivity contribution in [2.24, 2.45) is 0 Å². The summed E-state index contributed by atoms with van der Waals surface area (Å²) in [7, 11) is 0. The van der Waals surface area contributed by atoms with Crippen molar-refractivity contribution in [3.8, 4) is 11.8 Å². The van der Waals surface area contributed by atoms with E-state index in [1.807, 2.05) is 32.0 Å². The van der Waals surface area contributed by atoms with Crippen LogP contribution in [-0.4, -0.2) is 4.98 Å². The highest BCUT2D eigenvalue weighted by atomic mass is 16.5. The molecule has 0 atom stereocenters. The van der Waals surface area contributed by atoms with Crippen molar-refractivity contribution in [3.63, 3.8) is 0 Å². The molecule has 96 valence electrons. The van der Waals surface area contributed by atoms with Gasteiger partial charge >= 0.3 is 0 Å². The lowest BCUT2D eigenvalue weighted by molar-refractivity contribution is 0.301. The van der Waals surface area contributed by atoms with E-state index in [9.17, 15) is 0 Å². The van der Waals surface area contributed by atoms with Gasteiger partial charge in [-0.1, -0.05) is 12.1 Å². The molecule has 1 aromatic heterocycles. The minimum Gasteiger partial charge on any atom is -0.488 e. The molecule has 0 aliphatic rings. The molecular weight excluding hydrogens is 238 g/mol. The molecule has 0 bridgehead atoms. The van der Waals surface area contributed by atoms with Crippen LogP contribution in [0.25, 0.3) is 0 Å². The number of hydrogen-bond acceptors (Lipinski definition) is 4. The molecular formula is C15H15N3O. The summed E-state index contributed by atoms with van der Waals surface area (Å²) in [5, 5.41) is 8.98. The van der Waals surface area contributed by atoms with Crippen molar-refractivity contribution in [1.82, 2.24) is 4.98 Å². The molecule has 0 aliphatic carbocycles. The number of pyridine rings is 1. The Bertz CT molecular complexity index is 644. The predicted molar refractivity (Wildman–Crippen MR) is 73.6 cm³/mol. The van der Waals surface area contributed by atoms with Crippen molar-refractivity contribution in [1.29, 1.82) is 5.26 Å². The number of anilines is 1. The summed E-state index contributed by atoms with van der Waals surface area (Å²) in [4.78, 5) is 4.01. The molecule has 2 aromatic rings. The first kappa shape index (κ1) is 12.9. The molecule has 0 fully saturated rings. The molecule has 1 aromatic carbocycles. The number of aryl methyl sites for hydroxylation is 1. The Morgan fingerprint density at radius 1 is 1.32 bits per heavy atom. The molecule has 0 amide bonds. The van der Waals surface area contributed by atoms with E-state index >= 15 is 0 Å². The number of aromatic nitrogens is 1. The van der Waals surface area contributed by atoms with Crippen molar-refractivity contribution in [2.75, 3.05) is 5.73 Å². The zero-order chi connectivity index (χ0) is 13.8. The fourth-order valence-corrected chi connectivity index (χ4v) is 1.87. The Balaban J connectivity index is 2.25. The minimum atomic E-state index is 0.307. The largest absolute Gasteiger partial charge is 0.488 e. The Labute approximate surface area is 112 Å². The Morgan fingerprint density at radius 3 is 2.84 bits per heavy atom. The highest BCUT2D eigenvalue weighted by molar-refractivity contribution is 5.56. The van der Waals surface area contributed by atoms with Gasteiger partial charge in [-0.25, -0.2) is 4.98 Å². The van der Waals surface area contributed by atoms with E-state index in [1.165, 1.54) is 0 Å². The average Bonchev–Trinajstić information content (AvgIpc) is 2.43. The standard InChI is InChI=1S/C15H15N3O/c1-10-5-6-13(17)11(2)15(10)19-9-12-4-3-7-18-14(12)8-16/h3-7H,9,17H2,1-2H3. The molecule has 0 unspecified atom stereocenters. The van der Waals surface area contributed by atoms with Gasteiger partial charge in [-0.3, -0.25) is 0 Å². The second kappa shape index (κ2) is 5.40. The fraction of sp³-hybridized carbons (Fsp3) is 0.200. The van der Waals surface area contributed by atoms with Crippen LogP contribution in [-0.2, 0) is 6.61 Å². The van der Waals surface area contributed by atoms with Crippen LogP contribution in [0.3, 0.4) is 0 Å². The number of nitrogen functional groups attached to an aromatic ring is 1. The molecule has 1 heterocycles. The summed E-state index contributed by atoms with van der Waals surface area (Å²) in [6.45, 7) is 4.20. The molecule has 4 heteroatoms. The monoisotopic (exact) mass is 253 g/mol. The van der Waals surface area contributed by atoms with Crippen LogP contribution in [0.5, 0.6) is 5.75 Å². The SMILES string of the molecule is Cc1ccc(N)c(C)c1OCc1cccnc1C#N. The quantitative estimate of drug-likeness (QED) is 0.854. The number of nitrogens with zero attached hydrogens (tertiary/aromatic N) is 2. The van der Waals surface area contributed by atoms with Gasteiger partial charge < -0.3 is 10.5 Å². The van der Waals surface area contributed by atoms with Gasteiger partial charge in [0.25, 0.3) is 0 Å². The van der Waals surface area contributed by atoms with Crippen LogP contribution in [0.1, 0.15) is 22.4 Å². The van der Waals surface area contributed by atoms with Crippen LogP contribution < -0.4 is 10.5 Å². The first-order valence-corrected chi connectivity index (χ1v) is 5.96. The molecule has 2 rings (SSSR count). The second-order valence-electron chi connectivity index (χ2n) is 4.34. The van der Waals surface area contributed by atoms with Crippen LogP contribution >= 0.6 is 0 Å². The van der Waals surface area contributed by atoms with Gasteiger partial charge in [0.15, 0.2) is 0 Å². The molecule has 0 radical (unpaired) electrons. The lowest BCUT2D eigenvalue weighted by Gasteiger charge is -2.14. The Morgan fingerprint density at radius 2 is 2.11 bits per heavy atom. The zero-order valence-electron chi connectivity index (χ0n) is 11.0. The lowest BCUT2D eigenvalue weighted by atomic mass is 10.1. The first-order chi connectivity index (χ1) is 9.13. The first-order valence-electron chi connectivity index (χ1n) is 5.96. The third kappa shape index (κ3) is 2.66.